The van der Waals surface area contributed by atoms with Gasteiger partial charge in [0.05, 0.1) is 11.3 Å². The number of fused-ring (bicyclic) bond motifs is 1. The summed E-state index contributed by atoms with van der Waals surface area (Å²) in [5.41, 5.74) is 0.992. The van der Waals surface area contributed by atoms with Crippen molar-refractivity contribution in [2.24, 2.45) is 10.9 Å². The van der Waals surface area contributed by atoms with E-state index >= 15 is 0 Å². The van der Waals surface area contributed by atoms with Crippen LogP contribution in [0.3, 0.4) is 0 Å². The van der Waals surface area contributed by atoms with Crippen molar-refractivity contribution in [2.75, 3.05) is 6.61 Å². The highest BCUT2D eigenvalue weighted by Crippen LogP contribution is 2.31. The summed E-state index contributed by atoms with van der Waals surface area (Å²) in [6, 6.07) is 5.95. The smallest absolute Gasteiger partial charge is 0.251 e. The summed E-state index contributed by atoms with van der Waals surface area (Å²) in [5.74, 6) is 0.963. The van der Waals surface area contributed by atoms with Crippen molar-refractivity contribution in [3.63, 3.8) is 0 Å². The second kappa shape index (κ2) is 5.85. The predicted molar refractivity (Wildman–Crippen MR) is 84.5 cm³/mol. The van der Waals surface area contributed by atoms with Gasteiger partial charge in [0.25, 0.3) is 5.91 Å². The molecule has 3 rings (SSSR count). The van der Waals surface area contributed by atoms with Crippen LogP contribution in [0.1, 0.15) is 19.8 Å². The Bertz CT molecular complexity index is 753. The molecule has 0 N–H and O–H groups in total. The largest absolute Gasteiger partial charge is 0.492 e. The minimum atomic E-state index is -0.00247. The number of carbonyl (C=O) groups excluding carboxylic acids is 1. The molecule has 1 aliphatic rings. The molecule has 21 heavy (non-hydrogen) atoms. The molecule has 1 aliphatic carbocycles. The lowest BCUT2D eigenvalue weighted by molar-refractivity contribution is -0.119. The Kier molecular flexibility index (Phi) is 3.92. The molecule has 0 atom stereocenters. The molecular formula is C16H18N2O2S. The number of amides is 1. The fourth-order valence-electron chi connectivity index (χ4n) is 2.27. The van der Waals surface area contributed by atoms with E-state index in [1.54, 1.807) is 0 Å². The number of para-hydroxylation sites is 1. The topological polar surface area (TPSA) is 43.6 Å². The van der Waals surface area contributed by atoms with Crippen LogP contribution in [0.25, 0.3) is 10.2 Å². The molecule has 1 aromatic heterocycles. The zero-order valence-corrected chi connectivity index (χ0v) is 12.9. The second-order valence-corrected chi connectivity index (χ2v) is 6.05. The lowest BCUT2D eigenvalue weighted by Gasteiger charge is -2.07. The van der Waals surface area contributed by atoms with Gasteiger partial charge in [0.2, 0.25) is 0 Å². The number of hydrogen-bond donors (Lipinski definition) is 0. The van der Waals surface area contributed by atoms with Crippen LogP contribution in [0.2, 0.25) is 0 Å². The van der Waals surface area contributed by atoms with Gasteiger partial charge in [-0.2, -0.15) is 4.99 Å². The Labute approximate surface area is 127 Å². The fourth-order valence-corrected chi connectivity index (χ4v) is 3.33. The molecule has 0 saturated heterocycles. The maximum Gasteiger partial charge on any atom is 0.251 e. The summed E-state index contributed by atoms with van der Waals surface area (Å²) >= 11 is 1.53. The van der Waals surface area contributed by atoms with Gasteiger partial charge in [0.15, 0.2) is 4.80 Å². The zero-order valence-electron chi connectivity index (χ0n) is 12.0. The van der Waals surface area contributed by atoms with Crippen molar-refractivity contribution in [3.05, 3.63) is 35.7 Å². The van der Waals surface area contributed by atoms with Crippen molar-refractivity contribution in [2.45, 2.75) is 26.3 Å². The fraction of sp³-hybridized carbons (Fsp3) is 0.375. The molecule has 4 nitrogen and oxygen atoms in total. The normalized spacial score (nSPS) is 15.4. The van der Waals surface area contributed by atoms with E-state index in [0.717, 1.165) is 33.6 Å². The highest BCUT2D eigenvalue weighted by Gasteiger charge is 2.29. The van der Waals surface area contributed by atoms with Gasteiger partial charge in [-0.3, -0.25) is 4.79 Å². The first kappa shape index (κ1) is 14.1. The summed E-state index contributed by atoms with van der Waals surface area (Å²) in [7, 11) is 0. The molecule has 0 aliphatic heterocycles. The van der Waals surface area contributed by atoms with Crippen LogP contribution in [0.15, 0.2) is 35.8 Å². The Morgan fingerprint density at radius 2 is 2.38 bits per heavy atom. The number of ether oxygens (including phenoxy) is 1. The number of benzene rings is 1. The van der Waals surface area contributed by atoms with E-state index in [0.29, 0.717) is 13.2 Å². The first-order valence-corrected chi connectivity index (χ1v) is 8.01. The minimum absolute atomic E-state index is 0.00247. The summed E-state index contributed by atoms with van der Waals surface area (Å²) in [6.45, 7) is 6.99. The molecule has 1 amide bonds. The lowest BCUT2D eigenvalue weighted by Crippen LogP contribution is -2.17. The molecule has 0 unspecified atom stereocenters. The third-order valence-electron chi connectivity index (χ3n) is 3.41. The van der Waals surface area contributed by atoms with Gasteiger partial charge in [-0.25, -0.2) is 0 Å². The summed E-state index contributed by atoms with van der Waals surface area (Å²) in [6.07, 6.45) is 3.76. The van der Waals surface area contributed by atoms with Crippen LogP contribution < -0.4 is 9.54 Å². The van der Waals surface area contributed by atoms with Gasteiger partial charge in [0, 0.05) is 12.5 Å². The van der Waals surface area contributed by atoms with Crippen LogP contribution in [-0.4, -0.2) is 17.1 Å². The third kappa shape index (κ3) is 2.78. The maximum atomic E-state index is 12.0. The van der Waals surface area contributed by atoms with Crippen molar-refractivity contribution in [1.29, 1.82) is 0 Å². The standard InChI is InChI=1S/C16H18N2O2S/c1-3-10-18-14-12(20-4-2)6-5-7-13(14)21-16(18)17-15(19)11-8-9-11/h3,5-7,11H,1,4,8-10H2,2H3. The van der Waals surface area contributed by atoms with E-state index in [2.05, 4.69) is 11.6 Å². The molecule has 1 aromatic carbocycles. The number of hydrogen-bond acceptors (Lipinski definition) is 3. The number of thiazole rings is 1. The molecule has 0 spiro atoms. The third-order valence-corrected chi connectivity index (χ3v) is 4.45. The second-order valence-electron chi connectivity index (χ2n) is 5.04. The molecule has 0 bridgehead atoms. The molecule has 110 valence electrons. The molecule has 1 fully saturated rings. The van der Waals surface area contributed by atoms with Gasteiger partial charge in [-0.05, 0) is 31.9 Å². The number of carbonyl (C=O) groups is 1. The van der Waals surface area contributed by atoms with E-state index in [1.807, 2.05) is 35.8 Å². The van der Waals surface area contributed by atoms with Crippen LogP contribution in [0.5, 0.6) is 5.75 Å². The van der Waals surface area contributed by atoms with E-state index in [9.17, 15) is 4.79 Å². The number of aromatic nitrogens is 1. The predicted octanol–water partition coefficient (Wildman–Crippen LogP) is 3.12. The van der Waals surface area contributed by atoms with E-state index in [4.69, 9.17) is 4.74 Å². The van der Waals surface area contributed by atoms with E-state index < -0.39 is 0 Å². The Balaban J connectivity index is 2.19. The van der Waals surface area contributed by atoms with E-state index in [-0.39, 0.29) is 11.8 Å². The summed E-state index contributed by atoms with van der Waals surface area (Å²) in [4.78, 5) is 17.0. The Morgan fingerprint density at radius 1 is 1.57 bits per heavy atom. The van der Waals surface area contributed by atoms with Gasteiger partial charge in [0.1, 0.15) is 11.3 Å². The highest BCUT2D eigenvalue weighted by atomic mass is 32.1. The quantitative estimate of drug-likeness (QED) is 0.796. The van der Waals surface area contributed by atoms with Gasteiger partial charge >= 0.3 is 0 Å². The summed E-state index contributed by atoms with van der Waals surface area (Å²) < 4.78 is 8.80. The molecule has 5 heteroatoms. The Hall–Kier alpha value is -1.88. The van der Waals surface area contributed by atoms with Crippen molar-refractivity contribution < 1.29 is 9.53 Å². The Morgan fingerprint density at radius 3 is 3.05 bits per heavy atom. The number of rotatable bonds is 5. The minimum Gasteiger partial charge on any atom is -0.492 e. The van der Waals surface area contributed by atoms with Crippen LogP contribution in [0.4, 0.5) is 0 Å². The van der Waals surface area contributed by atoms with Crippen LogP contribution >= 0.6 is 11.3 Å². The first-order chi connectivity index (χ1) is 10.2. The van der Waals surface area contributed by atoms with E-state index in [1.165, 1.54) is 11.3 Å². The molecular weight excluding hydrogens is 284 g/mol. The maximum absolute atomic E-state index is 12.0. The van der Waals surface area contributed by atoms with Crippen molar-refractivity contribution in [1.82, 2.24) is 4.57 Å². The first-order valence-electron chi connectivity index (χ1n) is 7.19. The average molecular weight is 302 g/mol. The average Bonchev–Trinajstić information content (AvgIpc) is 3.25. The lowest BCUT2D eigenvalue weighted by atomic mass is 10.3. The highest BCUT2D eigenvalue weighted by molar-refractivity contribution is 7.16. The molecule has 1 heterocycles. The molecule has 2 aromatic rings. The number of nitrogens with zero attached hydrogens (tertiary/aromatic N) is 2. The molecule has 1 saturated carbocycles. The zero-order chi connectivity index (χ0) is 14.8. The SMILES string of the molecule is C=CCn1c(=NC(=O)C2CC2)sc2cccc(OCC)c21. The van der Waals surface area contributed by atoms with Crippen molar-refractivity contribution in [3.8, 4) is 5.75 Å². The molecule has 0 radical (unpaired) electrons. The van der Waals surface area contributed by atoms with Gasteiger partial charge in [-0.15, -0.1) is 6.58 Å². The van der Waals surface area contributed by atoms with Gasteiger partial charge < -0.3 is 9.30 Å². The monoisotopic (exact) mass is 302 g/mol. The number of allylic oxidation sites excluding steroid dienone is 1. The van der Waals surface area contributed by atoms with Crippen LogP contribution in [0, 0.1) is 5.92 Å². The van der Waals surface area contributed by atoms with Crippen molar-refractivity contribution >= 4 is 27.5 Å². The van der Waals surface area contributed by atoms with Crippen LogP contribution in [-0.2, 0) is 11.3 Å². The van der Waals surface area contributed by atoms with Gasteiger partial charge in [-0.1, -0.05) is 23.5 Å². The summed E-state index contributed by atoms with van der Waals surface area (Å²) in [5, 5.41) is 0.